The van der Waals surface area contributed by atoms with Gasteiger partial charge >= 0.3 is 0 Å². The average molecular weight is 348 g/mol. The molecule has 1 aliphatic heterocycles. The van der Waals surface area contributed by atoms with E-state index in [1.165, 1.54) is 5.69 Å². The molecule has 0 aromatic heterocycles. The van der Waals surface area contributed by atoms with Crippen molar-refractivity contribution >= 4 is 36.4 Å². The first-order valence-electron chi connectivity index (χ1n) is 7.37. The van der Waals surface area contributed by atoms with E-state index < -0.39 is 0 Å². The summed E-state index contributed by atoms with van der Waals surface area (Å²) in [7, 11) is 2.05. The molecule has 1 unspecified atom stereocenters. The van der Waals surface area contributed by atoms with Crippen LogP contribution in [0.5, 0.6) is 0 Å². The van der Waals surface area contributed by atoms with Gasteiger partial charge in [-0.2, -0.15) is 0 Å². The van der Waals surface area contributed by atoms with Gasteiger partial charge in [0.05, 0.1) is 5.41 Å². The van der Waals surface area contributed by atoms with Crippen LogP contribution in [0, 0.1) is 5.41 Å². The zero-order chi connectivity index (χ0) is 14.4. The van der Waals surface area contributed by atoms with Gasteiger partial charge in [-0.3, -0.25) is 4.79 Å². The first-order chi connectivity index (χ1) is 9.62. The molecule has 1 saturated heterocycles. The molecule has 1 heterocycles. The fourth-order valence-corrected chi connectivity index (χ4v) is 2.61. The van der Waals surface area contributed by atoms with Crippen molar-refractivity contribution in [2.24, 2.45) is 5.41 Å². The number of para-hydroxylation sites is 1. The number of nitrogens with one attached hydrogen (secondary N) is 2. The van der Waals surface area contributed by atoms with E-state index in [1.54, 1.807) is 0 Å². The van der Waals surface area contributed by atoms with Crippen LogP contribution in [0.3, 0.4) is 0 Å². The Balaban J connectivity index is 0.00000220. The monoisotopic (exact) mass is 347 g/mol. The van der Waals surface area contributed by atoms with E-state index in [2.05, 4.69) is 34.6 Å². The van der Waals surface area contributed by atoms with Crippen molar-refractivity contribution in [2.45, 2.75) is 19.8 Å². The third-order valence-corrected chi connectivity index (χ3v) is 4.08. The third-order valence-electron chi connectivity index (χ3n) is 4.08. The van der Waals surface area contributed by atoms with E-state index in [9.17, 15) is 4.79 Å². The highest BCUT2D eigenvalue weighted by molar-refractivity contribution is 5.85. The zero-order valence-electron chi connectivity index (χ0n) is 13.3. The van der Waals surface area contributed by atoms with Crippen molar-refractivity contribution in [3.05, 3.63) is 30.3 Å². The van der Waals surface area contributed by atoms with E-state index in [0.717, 1.165) is 32.5 Å². The average Bonchev–Trinajstić information content (AvgIpc) is 2.48. The van der Waals surface area contributed by atoms with Gasteiger partial charge in [-0.15, -0.1) is 24.8 Å². The lowest BCUT2D eigenvalue weighted by Crippen LogP contribution is -2.49. The van der Waals surface area contributed by atoms with Gasteiger partial charge < -0.3 is 15.5 Å². The van der Waals surface area contributed by atoms with Gasteiger partial charge in [-0.1, -0.05) is 18.2 Å². The van der Waals surface area contributed by atoms with Gasteiger partial charge in [0.1, 0.15) is 0 Å². The number of carbonyl (C=O) groups is 1. The normalized spacial score (nSPS) is 20.3. The Morgan fingerprint density at radius 3 is 2.59 bits per heavy atom. The van der Waals surface area contributed by atoms with Gasteiger partial charge in [-0.25, -0.2) is 0 Å². The minimum atomic E-state index is -0.246. The lowest BCUT2D eigenvalue weighted by Gasteiger charge is -2.33. The van der Waals surface area contributed by atoms with Crippen molar-refractivity contribution < 1.29 is 4.79 Å². The number of likely N-dealkylation sites (N-methyl/N-ethyl adjacent to an activating group) is 1. The Morgan fingerprint density at radius 2 is 2.00 bits per heavy atom. The number of hydrogen-bond donors (Lipinski definition) is 2. The molecule has 1 amide bonds. The van der Waals surface area contributed by atoms with E-state index in [-0.39, 0.29) is 36.1 Å². The number of anilines is 1. The highest BCUT2D eigenvalue weighted by Crippen LogP contribution is 2.25. The van der Waals surface area contributed by atoms with Crippen molar-refractivity contribution in [1.82, 2.24) is 10.6 Å². The second kappa shape index (κ2) is 9.93. The van der Waals surface area contributed by atoms with Crippen molar-refractivity contribution in [1.29, 1.82) is 0 Å². The smallest absolute Gasteiger partial charge is 0.227 e. The molecule has 1 aliphatic rings. The number of nitrogens with zero attached hydrogens (tertiary/aromatic N) is 1. The third kappa shape index (κ3) is 5.67. The Bertz CT molecular complexity index is 436. The fraction of sp³-hybridized carbons (Fsp3) is 0.562. The van der Waals surface area contributed by atoms with Crippen LogP contribution in [0.4, 0.5) is 5.69 Å². The van der Waals surface area contributed by atoms with Crippen LogP contribution in [0.1, 0.15) is 19.8 Å². The highest BCUT2D eigenvalue weighted by Gasteiger charge is 2.34. The molecule has 0 radical (unpaired) electrons. The molecule has 22 heavy (non-hydrogen) atoms. The number of halogens is 2. The van der Waals surface area contributed by atoms with Gasteiger partial charge in [0.25, 0.3) is 0 Å². The minimum Gasteiger partial charge on any atom is -0.373 e. The number of benzene rings is 1. The number of piperidine rings is 1. The van der Waals surface area contributed by atoms with Crippen LogP contribution in [-0.2, 0) is 4.79 Å². The van der Waals surface area contributed by atoms with Crippen molar-refractivity contribution in [3.8, 4) is 0 Å². The molecule has 0 spiro atoms. The lowest BCUT2D eigenvalue weighted by atomic mass is 9.82. The van der Waals surface area contributed by atoms with Gasteiger partial charge in [-0.05, 0) is 38.4 Å². The van der Waals surface area contributed by atoms with E-state index >= 15 is 0 Å². The summed E-state index contributed by atoms with van der Waals surface area (Å²) >= 11 is 0. The molecule has 1 atom stereocenters. The maximum Gasteiger partial charge on any atom is 0.227 e. The van der Waals surface area contributed by atoms with Gasteiger partial charge in [0.2, 0.25) is 5.91 Å². The van der Waals surface area contributed by atoms with Crippen LogP contribution in [0.2, 0.25) is 0 Å². The minimum absolute atomic E-state index is 0. The van der Waals surface area contributed by atoms with Gasteiger partial charge in [0, 0.05) is 32.4 Å². The molecule has 1 aromatic carbocycles. The molecule has 1 aromatic rings. The molecule has 126 valence electrons. The van der Waals surface area contributed by atoms with E-state index in [4.69, 9.17) is 0 Å². The summed E-state index contributed by atoms with van der Waals surface area (Å²) in [6.07, 6.45) is 2.05. The lowest BCUT2D eigenvalue weighted by molar-refractivity contribution is -0.131. The number of carbonyl (C=O) groups excluding carboxylic acids is 1. The van der Waals surface area contributed by atoms with Crippen LogP contribution < -0.4 is 15.5 Å². The summed E-state index contributed by atoms with van der Waals surface area (Å²) in [6.45, 7) is 5.36. The topological polar surface area (TPSA) is 44.4 Å². The first-order valence-corrected chi connectivity index (χ1v) is 7.37. The SMILES string of the molecule is CN(CCNC(=O)C1(C)CCCNC1)c1ccccc1.Cl.Cl. The Hall–Kier alpha value is -0.970. The summed E-state index contributed by atoms with van der Waals surface area (Å²) in [5.74, 6) is 0.172. The predicted octanol–water partition coefficient (Wildman–Crippen LogP) is 2.47. The molecular weight excluding hydrogens is 321 g/mol. The molecule has 0 bridgehead atoms. The van der Waals surface area contributed by atoms with Crippen LogP contribution in [-0.4, -0.2) is 39.1 Å². The maximum absolute atomic E-state index is 12.3. The summed E-state index contributed by atoms with van der Waals surface area (Å²) < 4.78 is 0. The number of hydrogen-bond acceptors (Lipinski definition) is 3. The van der Waals surface area contributed by atoms with E-state index in [0.29, 0.717) is 6.54 Å². The molecule has 0 saturated carbocycles. The molecule has 1 fully saturated rings. The Labute approximate surface area is 145 Å². The van der Waals surface area contributed by atoms with Crippen LogP contribution >= 0.6 is 24.8 Å². The quantitative estimate of drug-likeness (QED) is 0.859. The maximum atomic E-state index is 12.3. The Kier molecular flexibility index (Phi) is 9.49. The van der Waals surface area contributed by atoms with Gasteiger partial charge in [0.15, 0.2) is 0 Å². The predicted molar refractivity (Wildman–Crippen MR) is 97.4 cm³/mol. The summed E-state index contributed by atoms with van der Waals surface area (Å²) in [6, 6.07) is 10.2. The Morgan fingerprint density at radius 1 is 1.32 bits per heavy atom. The largest absolute Gasteiger partial charge is 0.373 e. The van der Waals surface area contributed by atoms with Crippen molar-refractivity contribution in [2.75, 3.05) is 38.1 Å². The number of amides is 1. The zero-order valence-corrected chi connectivity index (χ0v) is 14.9. The van der Waals surface area contributed by atoms with Crippen molar-refractivity contribution in [3.63, 3.8) is 0 Å². The second-order valence-electron chi connectivity index (χ2n) is 5.85. The number of rotatable bonds is 5. The molecule has 6 heteroatoms. The highest BCUT2D eigenvalue weighted by atomic mass is 35.5. The molecule has 4 nitrogen and oxygen atoms in total. The van der Waals surface area contributed by atoms with Crippen LogP contribution in [0.15, 0.2) is 30.3 Å². The summed E-state index contributed by atoms with van der Waals surface area (Å²) in [5.41, 5.74) is 0.927. The molecule has 0 aliphatic carbocycles. The summed E-state index contributed by atoms with van der Waals surface area (Å²) in [5, 5.41) is 6.38. The van der Waals surface area contributed by atoms with E-state index in [1.807, 2.05) is 25.2 Å². The fourth-order valence-electron chi connectivity index (χ4n) is 2.61. The van der Waals surface area contributed by atoms with Crippen LogP contribution in [0.25, 0.3) is 0 Å². The first kappa shape index (κ1) is 21.0. The second-order valence-corrected chi connectivity index (χ2v) is 5.85. The molecule has 2 rings (SSSR count). The molecular formula is C16H27Cl2N3O. The summed E-state index contributed by atoms with van der Waals surface area (Å²) in [4.78, 5) is 14.4. The molecule has 2 N–H and O–H groups in total. The standard InChI is InChI=1S/C16H25N3O.2ClH/c1-16(9-6-10-17-13-16)15(20)18-11-12-19(2)14-7-4-3-5-8-14;;/h3-5,7-8,17H,6,9-13H2,1-2H3,(H,18,20);2*1H.